The van der Waals surface area contributed by atoms with Gasteiger partial charge < -0.3 is 0 Å². The zero-order valence-electron chi connectivity index (χ0n) is 14.9. The lowest BCUT2D eigenvalue weighted by molar-refractivity contribution is -0.128. The minimum Gasteiger partial charge on any atom is -0.273 e. The van der Waals surface area contributed by atoms with Crippen molar-refractivity contribution in [2.45, 2.75) is 24.8 Å². The highest BCUT2D eigenvalue weighted by molar-refractivity contribution is 7.99. The Bertz CT molecular complexity index is 976. The number of carbonyl (C=O) groups is 2. The van der Waals surface area contributed by atoms with Gasteiger partial charge in [0.2, 0.25) is 11.8 Å². The quantitative estimate of drug-likeness (QED) is 0.576. The van der Waals surface area contributed by atoms with Crippen molar-refractivity contribution >= 4 is 44.3 Å². The van der Waals surface area contributed by atoms with Gasteiger partial charge in [0.1, 0.15) is 0 Å². The molecule has 2 heterocycles. The van der Waals surface area contributed by atoms with Crippen molar-refractivity contribution in [3.8, 4) is 0 Å². The fraction of sp³-hybridized carbons (Fsp3) is 0.389. The van der Waals surface area contributed by atoms with E-state index in [1.54, 1.807) is 0 Å². The van der Waals surface area contributed by atoms with E-state index in [2.05, 4.69) is 15.8 Å². The van der Waals surface area contributed by atoms with Gasteiger partial charge in [-0.2, -0.15) is 0 Å². The number of hydrazine groups is 1. The number of nitrogens with one attached hydrogen (secondary N) is 2. The summed E-state index contributed by atoms with van der Waals surface area (Å²) in [6, 6.07) is 9.74. The lowest BCUT2D eigenvalue weighted by Gasteiger charge is -2.10. The van der Waals surface area contributed by atoms with E-state index in [-0.39, 0.29) is 41.4 Å². The first kappa shape index (κ1) is 19.6. The second-order valence-corrected chi connectivity index (χ2v) is 9.88. The number of fused-ring (bicyclic) bond motifs is 1. The molecule has 0 saturated carbocycles. The number of para-hydroxylation sites is 1. The minimum atomic E-state index is -3.01. The zero-order chi connectivity index (χ0) is 19.4. The molecule has 0 bridgehead atoms. The van der Waals surface area contributed by atoms with Gasteiger partial charge in [0.25, 0.3) is 0 Å². The summed E-state index contributed by atoms with van der Waals surface area (Å²) in [6.07, 6.45) is 0.588. The van der Waals surface area contributed by atoms with Crippen molar-refractivity contribution in [1.82, 2.24) is 15.8 Å². The third kappa shape index (κ3) is 5.43. The third-order valence-corrected chi connectivity index (χ3v) is 7.14. The van der Waals surface area contributed by atoms with E-state index in [1.807, 2.05) is 37.3 Å². The van der Waals surface area contributed by atoms with Gasteiger partial charge in [0.15, 0.2) is 9.84 Å². The van der Waals surface area contributed by atoms with Gasteiger partial charge in [-0.1, -0.05) is 30.0 Å². The van der Waals surface area contributed by atoms with Gasteiger partial charge in [-0.3, -0.25) is 20.4 Å². The van der Waals surface area contributed by atoms with Gasteiger partial charge in [-0.25, -0.2) is 13.4 Å². The molecule has 1 aliphatic heterocycles. The Morgan fingerprint density at radius 2 is 1.96 bits per heavy atom. The van der Waals surface area contributed by atoms with E-state index in [1.165, 1.54) is 11.8 Å². The van der Waals surface area contributed by atoms with Crippen LogP contribution < -0.4 is 10.9 Å². The van der Waals surface area contributed by atoms with Crippen LogP contribution in [0.5, 0.6) is 0 Å². The summed E-state index contributed by atoms with van der Waals surface area (Å²) in [5, 5.41) is 1.82. The molecule has 1 saturated heterocycles. The standard InChI is InChI=1S/C18H21N3O4S2/c1-12-8-18(19-15-5-3-2-4-14(12)15)26-10-17(23)21-20-16(22)9-13-6-7-27(24,25)11-13/h2-5,8,13H,6-7,9-11H2,1H3,(H,20,22)(H,21,23)/t13-/m0/s1. The maximum atomic E-state index is 11.9. The number of sulfone groups is 1. The smallest absolute Gasteiger partial charge is 0.248 e. The Kier molecular flexibility index (Phi) is 6.01. The van der Waals surface area contributed by atoms with Gasteiger partial charge in [-0.05, 0) is 37.0 Å². The fourth-order valence-electron chi connectivity index (χ4n) is 3.05. The second-order valence-electron chi connectivity index (χ2n) is 6.65. The predicted molar refractivity (Wildman–Crippen MR) is 105 cm³/mol. The number of benzene rings is 1. The molecule has 2 N–H and O–H groups in total. The number of amides is 2. The number of pyridine rings is 1. The molecule has 0 aliphatic carbocycles. The topological polar surface area (TPSA) is 105 Å². The summed E-state index contributed by atoms with van der Waals surface area (Å²) in [4.78, 5) is 28.3. The fourth-order valence-corrected chi connectivity index (χ4v) is 5.69. The molecule has 144 valence electrons. The van der Waals surface area contributed by atoms with E-state index in [0.29, 0.717) is 6.42 Å². The molecule has 1 aromatic carbocycles. The number of hydrogen-bond donors (Lipinski definition) is 2. The lowest BCUT2D eigenvalue weighted by Crippen LogP contribution is -2.43. The van der Waals surface area contributed by atoms with Crippen LogP contribution in [-0.4, -0.2) is 42.5 Å². The number of hydrogen-bond acceptors (Lipinski definition) is 6. The zero-order valence-corrected chi connectivity index (χ0v) is 16.5. The average molecular weight is 408 g/mol. The number of aromatic nitrogens is 1. The third-order valence-electron chi connectivity index (χ3n) is 4.39. The van der Waals surface area contributed by atoms with Crippen molar-refractivity contribution in [2.24, 2.45) is 5.92 Å². The maximum absolute atomic E-state index is 11.9. The molecule has 7 nitrogen and oxygen atoms in total. The molecule has 3 rings (SSSR count). The molecule has 2 aromatic rings. The van der Waals surface area contributed by atoms with Crippen molar-refractivity contribution in [2.75, 3.05) is 17.3 Å². The van der Waals surface area contributed by atoms with Crippen LogP contribution in [0.4, 0.5) is 0 Å². The van der Waals surface area contributed by atoms with Crippen molar-refractivity contribution < 1.29 is 18.0 Å². The van der Waals surface area contributed by atoms with Gasteiger partial charge in [-0.15, -0.1) is 0 Å². The molecular weight excluding hydrogens is 386 g/mol. The highest BCUT2D eigenvalue weighted by Gasteiger charge is 2.29. The van der Waals surface area contributed by atoms with Crippen LogP contribution in [-0.2, 0) is 19.4 Å². The second kappa shape index (κ2) is 8.26. The number of rotatable bonds is 5. The monoisotopic (exact) mass is 407 g/mol. The maximum Gasteiger partial charge on any atom is 0.248 e. The lowest BCUT2D eigenvalue weighted by atomic mass is 10.1. The highest BCUT2D eigenvalue weighted by atomic mass is 32.2. The van der Waals surface area contributed by atoms with E-state index in [4.69, 9.17) is 0 Å². The molecule has 27 heavy (non-hydrogen) atoms. The van der Waals surface area contributed by atoms with Crippen LogP contribution in [0, 0.1) is 12.8 Å². The van der Waals surface area contributed by atoms with Crippen molar-refractivity contribution in [3.05, 3.63) is 35.9 Å². The Labute approximate surface area is 162 Å². The van der Waals surface area contributed by atoms with E-state index in [0.717, 1.165) is 21.5 Å². The SMILES string of the molecule is Cc1cc(SCC(=O)NNC(=O)C[C@@H]2CCS(=O)(=O)C2)nc2ccccc12. The predicted octanol–water partition coefficient (Wildman–Crippen LogP) is 1.61. The van der Waals surface area contributed by atoms with Crippen molar-refractivity contribution in [1.29, 1.82) is 0 Å². The van der Waals surface area contributed by atoms with Crippen LogP contribution in [0.3, 0.4) is 0 Å². The van der Waals surface area contributed by atoms with Gasteiger partial charge >= 0.3 is 0 Å². The number of carbonyl (C=O) groups excluding carboxylic acids is 2. The van der Waals surface area contributed by atoms with Crippen LogP contribution in [0.15, 0.2) is 35.4 Å². The number of thioether (sulfide) groups is 1. The summed E-state index contributed by atoms with van der Waals surface area (Å²) < 4.78 is 22.8. The molecule has 1 atom stereocenters. The summed E-state index contributed by atoms with van der Waals surface area (Å²) in [5.74, 6) is -0.618. The van der Waals surface area contributed by atoms with Gasteiger partial charge in [0, 0.05) is 11.8 Å². The summed E-state index contributed by atoms with van der Waals surface area (Å²) >= 11 is 1.29. The molecule has 2 amide bonds. The summed E-state index contributed by atoms with van der Waals surface area (Å²) in [5.41, 5.74) is 6.67. The minimum absolute atomic E-state index is 0.0389. The van der Waals surface area contributed by atoms with E-state index in [9.17, 15) is 18.0 Å². The number of aryl methyl sites for hydroxylation is 1. The number of nitrogens with zero attached hydrogens (tertiary/aromatic N) is 1. The summed E-state index contributed by atoms with van der Waals surface area (Å²) in [6.45, 7) is 2.00. The van der Waals surface area contributed by atoms with Crippen LogP contribution in [0.2, 0.25) is 0 Å². The van der Waals surface area contributed by atoms with Gasteiger partial charge in [0.05, 0.1) is 27.8 Å². The average Bonchev–Trinajstić information content (AvgIpc) is 2.96. The van der Waals surface area contributed by atoms with Crippen molar-refractivity contribution in [3.63, 3.8) is 0 Å². The highest BCUT2D eigenvalue weighted by Crippen LogP contribution is 2.23. The Balaban J connectivity index is 1.45. The Hall–Kier alpha value is -2.13. The molecule has 1 aliphatic rings. The molecule has 0 spiro atoms. The van der Waals surface area contributed by atoms with E-state index >= 15 is 0 Å². The molecule has 9 heteroatoms. The van der Waals surface area contributed by atoms with Crippen LogP contribution in [0.1, 0.15) is 18.4 Å². The molecular formula is C18H21N3O4S2. The van der Waals surface area contributed by atoms with Crippen LogP contribution >= 0.6 is 11.8 Å². The first-order valence-electron chi connectivity index (χ1n) is 8.60. The largest absolute Gasteiger partial charge is 0.273 e. The Morgan fingerprint density at radius 3 is 2.70 bits per heavy atom. The molecule has 1 fully saturated rings. The molecule has 0 radical (unpaired) electrons. The summed E-state index contributed by atoms with van der Waals surface area (Å²) in [7, 11) is -3.01. The Morgan fingerprint density at radius 1 is 1.22 bits per heavy atom. The van der Waals surface area contributed by atoms with E-state index < -0.39 is 9.84 Å². The molecule has 0 unspecified atom stereocenters. The first-order chi connectivity index (χ1) is 12.8. The molecule has 1 aromatic heterocycles. The first-order valence-corrected chi connectivity index (χ1v) is 11.4. The van der Waals surface area contributed by atoms with Crippen LogP contribution in [0.25, 0.3) is 10.9 Å². The normalized spacial score (nSPS) is 18.3.